The van der Waals surface area contributed by atoms with Crippen molar-refractivity contribution in [1.29, 1.82) is 0 Å². The van der Waals surface area contributed by atoms with E-state index in [1.807, 2.05) is 6.92 Å². The van der Waals surface area contributed by atoms with Gasteiger partial charge in [-0.05, 0) is 25.8 Å². The standard InChI is InChI=1S/C7H13NO2.ClH/c1-2-10-7(9)6-3-5(6)4-8;/h5-6H,2-4,8H2,1H3;1H/t5-,6+;/m1./s1. The first-order valence-corrected chi connectivity index (χ1v) is 3.66. The maximum atomic E-state index is 10.9. The lowest BCUT2D eigenvalue weighted by molar-refractivity contribution is -0.145. The number of esters is 1. The summed E-state index contributed by atoms with van der Waals surface area (Å²) < 4.78 is 4.80. The molecule has 66 valence electrons. The summed E-state index contributed by atoms with van der Waals surface area (Å²) in [5.41, 5.74) is 5.35. The van der Waals surface area contributed by atoms with Crippen LogP contribution in [0, 0.1) is 11.8 Å². The Bertz CT molecular complexity index is 140. The Labute approximate surface area is 72.7 Å². The third kappa shape index (κ3) is 2.67. The van der Waals surface area contributed by atoms with Crippen molar-refractivity contribution in [3.8, 4) is 0 Å². The zero-order valence-electron chi connectivity index (χ0n) is 6.58. The van der Waals surface area contributed by atoms with Gasteiger partial charge in [0.2, 0.25) is 0 Å². The summed E-state index contributed by atoms with van der Waals surface area (Å²) in [5, 5.41) is 0. The van der Waals surface area contributed by atoms with Crippen LogP contribution in [-0.4, -0.2) is 19.1 Å². The minimum absolute atomic E-state index is 0. The minimum atomic E-state index is -0.0713. The van der Waals surface area contributed by atoms with Crippen LogP contribution in [0.3, 0.4) is 0 Å². The second kappa shape index (κ2) is 4.57. The summed E-state index contributed by atoms with van der Waals surface area (Å²) in [6, 6.07) is 0. The van der Waals surface area contributed by atoms with E-state index < -0.39 is 0 Å². The van der Waals surface area contributed by atoms with Gasteiger partial charge in [0.05, 0.1) is 12.5 Å². The Morgan fingerprint density at radius 1 is 1.73 bits per heavy atom. The lowest BCUT2D eigenvalue weighted by atomic mass is 10.3. The number of rotatable bonds is 3. The Balaban J connectivity index is 0.000001000. The molecule has 2 atom stereocenters. The molecule has 4 heteroatoms. The van der Waals surface area contributed by atoms with Crippen LogP contribution in [0.15, 0.2) is 0 Å². The van der Waals surface area contributed by atoms with Crippen LogP contribution in [0.2, 0.25) is 0 Å². The van der Waals surface area contributed by atoms with Crippen LogP contribution < -0.4 is 5.73 Å². The molecule has 0 unspecified atom stereocenters. The highest BCUT2D eigenvalue weighted by atomic mass is 35.5. The van der Waals surface area contributed by atoms with E-state index in [2.05, 4.69) is 0 Å². The van der Waals surface area contributed by atoms with Crippen LogP contribution in [0.4, 0.5) is 0 Å². The van der Waals surface area contributed by atoms with Crippen molar-refractivity contribution in [1.82, 2.24) is 0 Å². The zero-order valence-corrected chi connectivity index (χ0v) is 7.39. The molecule has 0 aromatic rings. The van der Waals surface area contributed by atoms with Crippen molar-refractivity contribution in [3.05, 3.63) is 0 Å². The molecule has 0 amide bonds. The van der Waals surface area contributed by atoms with Crippen molar-refractivity contribution in [2.24, 2.45) is 17.6 Å². The average Bonchev–Trinajstić information content (AvgIpc) is 2.66. The van der Waals surface area contributed by atoms with Gasteiger partial charge in [0, 0.05) is 0 Å². The van der Waals surface area contributed by atoms with E-state index in [9.17, 15) is 4.79 Å². The second-order valence-electron chi connectivity index (χ2n) is 2.59. The maximum Gasteiger partial charge on any atom is 0.309 e. The topological polar surface area (TPSA) is 52.3 Å². The van der Waals surface area contributed by atoms with E-state index in [4.69, 9.17) is 10.5 Å². The van der Waals surface area contributed by atoms with Crippen molar-refractivity contribution in [2.45, 2.75) is 13.3 Å². The molecule has 0 aliphatic heterocycles. The van der Waals surface area contributed by atoms with Gasteiger partial charge in [-0.25, -0.2) is 0 Å². The monoisotopic (exact) mass is 179 g/mol. The number of hydrogen-bond donors (Lipinski definition) is 1. The van der Waals surface area contributed by atoms with Gasteiger partial charge in [-0.1, -0.05) is 0 Å². The minimum Gasteiger partial charge on any atom is -0.466 e. The Morgan fingerprint density at radius 3 is 2.73 bits per heavy atom. The summed E-state index contributed by atoms with van der Waals surface area (Å²) in [6.07, 6.45) is 0.926. The van der Waals surface area contributed by atoms with E-state index in [1.54, 1.807) is 0 Å². The first kappa shape index (κ1) is 10.7. The van der Waals surface area contributed by atoms with Gasteiger partial charge in [-0.3, -0.25) is 4.79 Å². The average molecular weight is 180 g/mol. The highest BCUT2D eigenvalue weighted by molar-refractivity contribution is 5.85. The number of hydrogen-bond acceptors (Lipinski definition) is 3. The maximum absolute atomic E-state index is 10.9. The number of ether oxygens (including phenoxy) is 1. The SMILES string of the molecule is CCOC(=O)[C@H]1C[C@@H]1CN.Cl. The number of carbonyl (C=O) groups excluding carboxylic acids is 1. The summed E-state index contributed by atoms with van der Waals surface area (Å²) in [7, 11) is 0. The Kier molecular flexibility index (Phi) is 4.45. The van der Waals surface area contributed by atoms with Gasteiger partial charge in [0.15, 0.2) is 0 Å². The molecule has 0 saturated heterocycles. The lowest BCUT2D eigenvalue weighted by Gasteiger charge is -1.97. The molecule has 11 heavy (non-hydrogen) atoms. The fourth-order valence-electron chi connectivity index (χ4n) is 1.05. The summed E-state index contributed by atoms with van der Waals surface area (Å²) in [6.45, 7) is 2.91. The van der Waals surface area contributed by atoms with Gasteiger partial charge in [0.25, 0.3) is 0 Å². The lowest BCUT2D eigenvalue weighted by Crippen LogP contribution is -2.11. The van der Waals surface area contributed by atoms with E-state index in [0.717, 1.165) is 6.42 Å². The Morgan fingerprint density at radius 2 is 2.36 bits per heavy atom. The van der Waals surface area contributed by atoms with Gasteiger partial charge in [-0.15, -0.1) is 12.4 Å². The van der Waals surface area contributed by atoms with Crippen molar-refractivity contribution in [3.63, 3.8) is 0 Å². The van der Waals surface area contributed by atoms with E-state index in [-0.39, 0.29) is 24.3 Å². The van der Waals surface area contributed by atoms with Crippen LogP contribution >= 0.6 is 12.4 Å². The first-order valence-electron chi connectivity index (χ1n) is 3.66. The van der Waals surface area contributed by atoms with Gasteiger partial charge < -0.3 is 10.5 Å². The molecule has 0 bridgehead atoms. The molecule has 0 aromatic heterocycles. The smallest absolute Gasteiger partial charge is 0.309 e. The molecule has 1 saturated carbocycles. The van der Waals surface area contributed by atoms with E-state index in [0.29, 0.717) is 19.1 Å². The van der Waals surface area contributed by atoms with Gasteiger partial charge in [0.1, 0.15) is 0 Å². The normalized spacial score (nSPS) is 27.1. The van der Waals surface area contributed by atoms with Gasteiger partial charge in [-0.2, -0.15) is 0 Å². The first-order chi connectivity index (χ1) is 4.79. The highest BCUT2D eigenvalue weighted by Gasteiger charge is 2.42. The zero-order chi connectivity index (χ0) is 7.56. The van der Waals surface area contributed by atoms with E-state index >= 15 is 0 Å². The molecular weight excluding hydrogens is 166 g/mol. The van der Waals surface area contributed by atoms with Crippen LogP contribution in [0.5, 0.6) is 0 Å². The molecule has 0 heterocycles. The fraction of sp³-hybridized carbons (Fsp3) is 0.857. The fourth-order valence-corrected chi connectivity index (χ4v) is 1.05. The summed E-state index contributed by atoms with van der Waals surface area (Å²) in [4.78, 5) is 10.9. The van der Waals surface area contributed by atoms with Gasteiger partial charge >= 0.3 is 5.97 Å². The molecule has 1 rings (SSSR count). The molecule has 3 nitrogen and oxygen atoms in total. The third-order valence-electron chi connectivity index (χ3n) is 1.81. The number of nitrogens with two attached hydrogens (primary N) is 1. The largest absolute Gasteiger partial charge is 0.466 e. The molecule has 1 fully saturated rings. The molecular formula is C7H14ClNO2. The second-order valence-corrected chi connectivity index (χ2v) is 2.59. The quantitative estimate of drug-likeness (QED) is 0.645. The third-order valence-corrected chi connectivity index (χ3v) is 1.81. The van der Waals surface area contributed by atoms with Crippen molar-refractivity contribution >= 4 is 18.4 Å². The molecule has 2 N–H and O–H groups in total. The molecule has 0 aromatic carbocycles. The number of carbonyl (C=O) groups is 1. The molecule has 0 spiro atoms. The Hall–Kier alpha value is -0.280. The van der Waals surface area contributed by atoms with E-state index in [1.165, 1.54) is 0 Å². The van der Waals surface area contributed by atoms with Crippen LogP contribution in [0.25, 0.3) is 0 Å². The highest BCUT2D eigenvalue weighted by Crippen LogP contribution is 2.38. The van der Waals surface area contributed by atoms with Crippen molar-refractivity contribution in [2.75, 3.05) is 13.2 Å². The van der Waals surface area contributed by atoms with Crippen LogP contribution in [-0.2, 0) is 9.53 Å². The predicted molar refractivity (Wildman–Crippen MR) is 44.5 cm³/mol. The van der Waals surface area contributed by atoms with Crippen molar-refractivity contribution < 1.29 is 9.53 Å². The molecule has 0 radical (unpaired) electrons. The molecule has 1 aliphatic rings. The number of halogens is 1. The summed E-state index contributed by atoms with van der Waals surface area (Å²) >= 11 is 0. The molecule has 1 aliphatic carbocycles. The summed E-state index contributed by atoms with van der Waals surface area (Å²) in [5.74, 6) is 0.446. The van der Waals surface area contributed by atoms with Crippen LogP contribution in [0.1, 0.15) is 13.3 Å². The predicted octanol–water partition coefficient (Wildman–Crippen LogP) is 0.566.